The van der Waals surface area contributed by atoms with Crippen LogP contribution >= 0.6 is 0 Å². The van der Waals surface area contributed by atoms with Crippen LogP contribution in [-0.2, 0) is 4.79 Å². The van der Waals surface area contributed by atoms with Crippen LogP contribution in [0.25, 0.3) is 0 Å². The lowest BCUT2D eigenvalue weighted by Gasteiger charge is -2.30. The van der Waals surface area contributed by atoms with Gasteiger partial charge in [-0.1, -0.05) is 55.4 Å². The molecule has 0 radical (unpaired) electrons. The Balaban J connectivity index is 0. The van der Waals surface area contributed by atoms with Gasteiger partial charge in [-0.15, -0.1) is 0 Å². The molecule has 0 fully saturated rings. The van der Waals surface area contributed by atoms with Crippen LogP contribution in [-0.4, -0.2) is 40.4 Å². The third kappa shape index (κ3) is 7.36. The van der Waals surface area contributed by atoms with Gasteiger partial charge in [0.25, 0.3) is 0 Å². The quantitative estimate of drug-likeness (QED) is 0.656. The zero-order valence-corrected chi connectivity index (χ0v) is 14.3. The lowest BCUT2D eigenvalue weighted by molar-refractivity contribution is -0.121. The molecule has 0 aliphatic heterocycles. The van der Waals surface area contributed by atoms with Gasteiger partial charge in [-0.2, -0.15) is 0 Å². The fourth-order valence-corrected chi connectivity index (χ4v) is 1.92. The van der Waals surface area contributed by atoms with E-state index in [2.05, 4.69) is 0 Å². The van der Waals surface area contributed by atoms with Gasteiger partial charge in [0, 0.05) is 10.8 Å². The number of hydrogen-bond acceptors (Lipinski definition) is 4. The molecule has 0 aromatic heterocycles. The summed E-state index contributed by atoms with van der Waals surface area (Å²) in [6.07, 6.45) is -0.153. The number of aliphatic hydroxyl groups is 3. The third-order valence-corrected chi connectivity index (χ3v) is 3.54. The summed E-state index contributed by atoms with van der Waals surface area (Å²) in [6, 6.07) is 0. The van der Waals surface area contributed by atoms with Crippen molar-refractivity contribution in [3.8, 4) is 0 Å². The van der Waals surface area contributed by atoms with Crippen molar-refractivity contribution in [3.63, 3.8) is 0 Å². The van der Waals surface area contributed by atoms with E-state index < -0.39 is 17.6 Å². The molecule has 4 heteroatoms. The number of aldehydes is 1. The monoisotopic (exact) mass is 290 g/mol. The summed E-state index contributed by atoms with van der Waals surface area (Å²) in [5, 5.41) is 27.8. The molecule has 0 aliphatic carbocycles. The number of carbonyl (C=O) groups excluding carboxylic acids is 1. The molecule has 20 heavy (non-hydrogen) atoms. The van der Waals surface area contributed by atoms with Gasteiger partial charge in [0.2, 0.25) is 0 Å². The highest BCUT2D eigenvalue weighted by Crippen LogP contribution is 2.24. The second-order valence-electron chi connectivity index (χ2n) is 7.46. The highest BCUT2D eigenvalue weighted by Gasteiger charge is 2.29. The first-order valence-electron chi connectivity index (χ1n) is 7.26. The van der Waals surface area contributed by atoms with Crippen molar-refractivity contribution in [1.29, 1.82) is 0 Å². The van der Waals surface area contributed by atoms with Gasteiger partial charge in [0.15, 0.2) is 0 Å². The van der Waals surface area contributed by atoms with E-state index in [1.165, 1.54) is 0 Å². The molecule has 0 aromatic rings. The van der Waals surface area contributed by atoms with Crippen LogP contribution in [0.4, 0.5) is 0 Å². The number of aliphatic hydroxyl groups excluding tert-OH is 3. The summed E-state index contributed by atoms with van der Waals surface area (Å²) >= 11 is 0. The third-order valence-electron chi connectivity index (χ3n) is 3.54. The van der Waals surface area contributed by atoms with Gasteiger partial charge < -0.3 is 20.1 Å². The van der Waals surface area contributed by atoms with Crippen LogP contribution in [0.1, 0.15) is 55.4 Å². The van der Waals surface area contributed by atoms with Crippen LogP contribution in [0.3, 0.4) is 0 Å². The number of carbonyl (C=O) groups is 1. The molecular weight excluding hydrogens is 256 g/mol. The van der Waals surface area contributed by atoms with Crippen molar-refractivity contribution in [2.45, 2.75) is 67.6 Å². The minimum atomic E-state index is -0.603. The zero-order chi connectivity index (χ0) is 16.7. The SMILES string of the molecule is CC(C)C(O)C(C)(C)C=O.CC(C)C(O)C(C)(C)CO. The van der Waals surface area contributed by atoms with E-state index in [0.29, 0.717) is 0 Å². The second-order valence-corrected chi connectivity index (χ2v) is 7.46. The van der Waals surface area contributed by atoms with Gasteiger partial charge in [-0.25, -0.2) is 0 Å². The number of hydrogen-bond donors (Lipinski definition) is 3. The average Bonchev–Trinajstić information content (AvgIpc) is 2.37. The van der Waals surface area contributed by atoms with E-state index >= 15 is 0 Å². The fourth-order valence-electron chi connectivity index (χ4n) is 1.92. The Morgan fingerprint density at radius 2 is 1.25 bits per heavy atom. The lowest BCUT2D eigenvalue weighted by atomic mass is 9.82. The molecule has 0 aromatic carbocycles. The topological polar surface area (TPSA) is 77.8 Å². The van der Waals surface area contributed by atoms with E-state index in [1.54, 1.807) is 13.8 Å². The minimum absolute atomic E-state index is 0.0341. The van der Waals surface area contributed by atoms with Gasteiger partial charge in [-0.3, -0.25) is 0 Å². The molecule has 4 nitrogen and oxygen atoms in total. The van der Waals surface area contributed by atoms with Crippen molar-refractivity contribution in [1.82, 2.24) is 0 Å². The van der Waals surface area contributed by atoms with E-state index in [9.17, 15) is 15.0 Å². The molecule has 2 atom stereocenters. The molecule has 0 rings (SSSR count). The summed E-state index contributed by atoms with van der Waals surface area (Å²) in [4.78, 5) is 10.4. The van der Waals surface area contributed by atoms with Crippen LogP contribution in [0.5, 0.6) is 0 Å². The van der Waals surface area contributed by atoms with Crippen molar-refractivity contribution in [2.75, 3.05) is 6.61 Å². The molecule has 3 N–H and O–H groups in total. The highest BCUT2D eigenvalue weighted by molar-refractivity contribution is 5.58. The lowest BCUT2D eigenvalue weighted by Crippen LogP contribution is -2.36. The van der Waals surface area contributed by atoms with Gasteiger partial charge in [0.1, 0.15) is 6.29 Å². The van der Waals surface area contributed by atoms with E-state index in [4.69, 9.17) is 5.11 Å². The number of rotatable bonds is 6. The first-order chi connectivity index (χ1) is 8.83. The summed E-state index contributed by atoms with van der Waals surface area (Å²) in [6.45, 7) is 14.9. The van der Waals surface area contributed by atoms with Gasteiger partial charge >= 0.3 is 0 Å². The molecule has 2 unspecified atom stereocenters. The first-order valence-corrected chi connectivity index (χ1v) is 7.26. The first kappa shape index (κ1) is 21.8. The summed E-state index contributed by atoms with van der Waals surface area (Å²) in [7, 11) is 0. The Morgan fingerprint density at radius 1 is 0.900 bits per heavy atom. The highest BCUT2D eigenvalue weighted by atomic mass is 16.3. The Labute approximate surface area is 124 Å². The predicted octanol–water partition coefficient (Wildman–Crippen LogP) is 2.25. The van der Waals surface area contributed by atoms with Gasteiger partial charge in [0.05, 0.1) is 18.8 Å². The molecule has 0 bridgehead atoms. The average molecular weight is 290 g/mol. The minimum Gasteiger partial charge on any atom is -0.396 e. The summed E-state index contributed by atoms with van der Waals surface area (Å²) in [5.41, 5.74) is -0.970. The standard InChI is InChI=1S/C8H18O2.C8H16O2/c2*1-6(2)7(10)8(3,4)5-9/h6-7,9-10H,5H2,1-4H3;5-7,10H,1-4H3. The largest absolute Gasteiger partial charge is 0.396 e. The van der Waals surface area contributed by atoms with Gasteiger partial charge in [-0.05, 0) is 11.8 Å². The van der Waals surface area contributed by atoms with Crippen molar-refractivity contribution in [2.24, 2.45) is 22.7 Å². The van der Waals surface area contributed by atoms with Crippen LogP contribution < -0.4 is 0 Å². The molecular formula is C16H34O4. The van der Waals surface area contributed by atoms with Crippen molar-refractivity contribution >= 4 is 6.29 Å². The smallest absolute Gasteiger partial charge is 0.128 e. The molecule has 0 aliphatic rings. The Kier molecular flexibility index (Phi) is 9.56. The Hall–Kier alpha value is -0.450. The fraction of sp³-hybridized carbons (Fsp3) is 0.938. The van der Waals surface area contributed by atoms with E-state index in [1.807, 2.05) is 41.5 Å². The summed E-state index contributed by atoms with van der Waals surface area (Å²) in [5.74, 6) is 0.349. The van der Waals surface area contributed by atoms with Crippen LogP contribution in [0.15, 0.2) is 0 Å². The normalized spacial score (nSPS) is 15.7. The molecule has 122 valence electrons. The molecule has 0 spiro atoms. The van der Waals surface area contributed by atoms with E-state index in [-0.39, 0.29) is 23.9 Å². The Bertz CT molecular complexity index is 270. The van der Waals surface area contributed by atoms with Crippen molar-refractivity contribution < 1.29 is 20.1 Å². The predicted molar refractivity (Wildman–Crippen MR) is 82.4 cm³/mol. The van der Waals surface area contributed by atoms with E-state index in [0.717, 1.165) is 6.29 Å². The molecule has 0 saturated heterocycles. The van der Waals surface area contributed by atoms with Crippen LogP contribution in [0.2, 0.25) is 0 Å². The van der Waals surface area contributed by atoms with Crippen molar-refractivity contribution in [3.05, 3.63) is 0 Å². The molecule has 0 amide bonds. The second kappa shape index (κ2) is 8.75. The summed E-state index contributed by atoms with van der Waals surface area (Å²) < 4.78 is 0. The Morgan fingerprint density at radius 3 is 1.35 bits per heavy atom. The maximum Gasteiger partial charge on any atom is 0.128 e. The zero-order valence-electron chi connectivity index (χ0n) is 14.3. The maximum atomic E-state index is 10.4. The van der Waals surface area contributed by atoms with Crippen LogP contribution in [0, 0.1) is 22.7 Å². The maximum absolute atomic E-state index is 10.4. The molecule has 0 saturated carbocycles. The molecule has 0 heterocycles.